The van der Waals surface area contributed by atoms with Crippen LogP contribution in [-0.4, -0.2) is 15.8 Å². The van der Waals surface area contributed by atoms with Crippen molar-refractivity contribution < 1.29 is 14.6 Å². The van der Waals surface area contributed by atoms with Gasteiger partial charge < -0.3 is 10.2 Å². The zero-order valence-electron chi connectivity index (χ0n) is 10.4. The van der Waals surface area contributed by atoms with Gasteiger partial charge in [0.1, 0.15) is 11.9 Å². The molecule has 0 radical (unpaired) electrons. The predicted octanol–water partition coefficient (Wildman–Crippen LogP) is 3.45. The maximum absolute atomic E-state index is 13.2. The second-order valence-electron chi connectivity index (χ2n) is 5.35. The van der Waals surface area contributed by atoms with Crippen LogP contribution in [0.2, 0.25) is 5.02 Å². The normalized spacial score (nSPS) is 30.2. The molecule has 0 aliphatic heterocycles. The van der Waals surface area contributed by atoms with Gasteiger partial charge in [0.15, 0.2) is 0 Å². The second-order valence-corrected chi connectivity index (χ2v) is 5.76. The summed E-state index contributed by atoms with van der Waals surface area (Å²) in [5.74, 6) is 0.0988. The van der Waals surface area contributed by atoms with E-state index in [0.29, 0.717) is 18.8 Å². The van der Waals surface area contributed by atoms with Crippen LogP contribution in [0.3, 0.4) is 0 Å². The van der Waals surface area contributed by atoms with Crippen molar-refractivity contribution in [1.29, 1.82) is 0 Å². The van der Waals surface area contributed by atoms with Gasteiger partial charge in [-0.2, -0.15) is 0 Å². The summed E-state index contributed by atoms with van der Waals surface area (Å²) < 4.78 is 13.2. The molecule has 0 spiro atoms. The predicted molar refractivity (Wildman–Crippen MR) is 69.0 cm³/mol. The smallest absolute Gasteiger partial charge is 0.123 e. The van der Waals surface area contributed by atoms with Gasteiger partial charge in [0, 0.05) is 10.6 Å². The molecule has 0 amide bonds. The Morgan fingerprint density at radius 3 is 2.61 bits per heavy atom. The van der Waals surface area contributed by atoms with Crippen LogP contribution in [0.4, 0.5) is 4.39 Å². The lowest BCUT2D eigenvalue weighted by atomic mass is 9.75. The van der Waals surface area contributed by atoms with Gasteiger partial charge in [0.2, 0.25) is 0 Å². The van der Waals surface area contributed by atoms with E-state index < -0.39 is 17.5 Å². The Hall–Kier alpha value is -0.640. The van der Waals surface area contributed by atoms with Crippen molar-refractivity contribution >= 4 is 11.6 Å². The van der Waals surface area contributed by atoms with Crippen molar-refractivity contribution in [2.75, 3.05) is 0 Å². The van der Waals surface area contributed by atoms with Crippen LogP contribution in [0.1, 0.15) is 44.3 Å². The minimum Gasteiger partial charge on any atom is -0.387 e. The maximum Gasteiger partial charge on any atom is 0.123 e. The van der Waals surface area contributed by atoms with Gasteiger partial charge in [0.05, 0.1) is 5.60 Å². The molecule has 1 atom stereocenters. The number of aliphatic hydroxyl groups excluding tert-OH is 1. The molecule has 4 heteroatoms. The van der Waals surface area contributed by atoms with Gasteiger partial charge in [-0.05, 0) is 49.8 Å². The van der Waals surface area contributed by atoms with E-state index in [1.54, 1.807) is 0 Å². The standard InChI is InChI=1S/C14H18ClFO2/c1-9-4-6-14(18,7-5-9)13(17)11-8-10(16)2-3-12(11)15/h2-3,8-9,13,17-18H,4-7H2,1H3. The molecule has 1 unspecified atom stereocenters. The quantitative estimate of drug-likeness (QED) is 0.866. The van der Waals surface area contributed by atoms with Gasteiger partial charge >= 0.3 is 0 Å². The zero-order chi connectivity index (χ0) is 13.3. The summed E-state index contributed by atoms with van der Waals surface area (Å²) >= 11 is 5.96. The SMILES string of the molecule is CC1CCC(O)(C(O)c2cc(F)ccc2Cl)CC1. The largest absolute Gasteiger partial charge is 0.387 e. The van der Waals surface area contributed by atoms with E-state index in [2.05, 4.69) is 6.92 Å². The Kier molecular flexibility index (Phi) is 3.95. The average molecular weight is 273 g/mol. The number of halogens is 2. The molecule has 0 bridgehead atoms. The summed E-state index contributed by atoms with van der Waals surface area (Å²) in [5, 5.41) is 21.1. The molecule has 0 aromatic heterocycles. The molecule has 1 aromatic rings. The Labute approximate surface area is 111 Å². The lowest BCUT2D eigenvalue weighted by Crippen LogP contribution is -2.40. The highest BCUT2D eigenvalue weighted by Gasteiger charge is 2.40. The average Bonchev–Trinajstić information content (AvgIpc) is 2.35. The van der Waals surface area contributed by atoms with Crippen LogP contribution in [0.5, 0.6) is 0 Å². The topological polar surface area (TPSA) is 40.5 Å². The van der Waals surface area contributed by atoms with E-state index in [-0.39, 0.29) is 10.6 Å². The zero-order valence-corrected chi connectivity index (χ0v) is 11.1. The summed E-state index contributed by atoms with van der Waals surface area (Å²) in [6.07, 6.45) is 1.62. The van der Waals surface area contributed by atoms with E-state index in [1.165, 1.54) is 18.2 Å². The number of aliphatic hydroxyl groups is 2. The number of benzene rings is 1. The lowest BCUT2D eigenvalue weighted by Gasteiger charge is -2.38. The van der Waals surface area contributed by atoms with Crippen molar-refractivity contribution in [3.05, 3.63) is 34.6 Å². The molecule has 0 heterocycles. The highest BCUT2D eigenvalue weighted by molar-refractivity contribution is 6.31. The second kappa shape index (κ2) is 5.16. The molecular weight excluding hydrogens is 255 g/mol. The molecule has 1 aromatic carbocycles. The van der Waals surface area contributed by atoms with E-state index in [4.69, 9.17) is 11.6 Å². The van der Waals surface area contributed by atoms with Gasteiger partial charge in [-0.15, -0.1) is 0 Å². The first-order valence-electron chi connectivity index (χ1n) is 6.28. The van der Waals surface area contributed by atoms with E-state index in [9.17, 15) is 14.6 Å². The van der Waals surface area contributed by atoms with E-state index in [0.717, 1.165) is 12.8 Å². The van der Waals surface area contributed by atoms with Gasteiger partial charge in [-0.3, -0.25) is 0 Å². The molecule has 2 nitrogen and oxygen atoms in total. The summed E-state index contributed by atoms with van der Waals surface area (Å²) in [7, 11) is 0. The van der Waals surface area contributed by atoms with Crippen LogP contribution >= 0.6 is 11.6 Å². The molecule has 2 N–H and O–H groups in total. The van der Waals surface area contributed by atoms with Gasteiger partial charge in [0.25, 0.3) is 0 Å². The molecule has 18 heavy (non-hydrogen) atoms. The first-order chi connectivity index (χ1) is 8.42. The Morgan fingerprint density at radius 2 is 2.00 bits per heavy atom. The third kappa shape index (κ3) is 2.68. The maximum atomic E-state index is 13.2. The van der Waals surface area contributed by atoms with Crippen molar-refractivity contribution in [3.8, 4) is 0 Å². The number of rotatable bonds is 2. The first-order valence-corrected chi connectivity index (χ1v) is 6.65. The monoisotopic (exact) mass is 272 g/mol. The molecule has 1 fully saturated rings. The number of hydrogen-bond acceptors (Lipinski definition) is 2. The fourth-order valence-electron chi connectivity index (χ4n) is 2.55. The summed E-state index contributed by atoms with van der Waals surface area (Å²) in [6, 6.07) is 3.85. The molecule has 0 saturated heterocycles. The lowest BCUT2D eigenvalue weighted by molar-refractivity contribution is -0.105. The minimum atomic E-state index is -1.19. The molecule has 1 aliphatic rings. The van der Waals surface area contributed by atoms with Crippen LogP contribution in [0.15, 0.2) is 18.2 Å². The van der Waals surface area contributed by atoms with E-state index >= 15 is 0 Å². The van der Waals surface area contributed by atoms with Gasteiger partial charge in [-0.25, -0.2) is 4.39 Å². The minimum absolute atomic E-state index is 0.272. The third-order valence-electron chi connectivity index (χ3n) is 3.90. The van der Waals surface area contributed by atoms with Crippen LogP contribution < -0.4 is 0 Å². The van der Waals surface area contributed by atoms with Crippen molar-refractivity contribution in [2.45, 2.75) is 44.3 Å². The third-order valence-corrected chi connectivity index (χ3v) is 4.25. The highest BCUT2D eigenvalue weighted by Crippen LogP contribution is 2.42. The first kappa shape index (κ1) is 13.8. The summed E-state index contributed by atoms with van der Waals surface area (Å²) in [5.41, 5.74) is -0.919. The van der Waals surface area contributed by atoms with Crippen LogP contribution in [0.25, 0.3) is 0 Å². The Morgan fingerprint density at radius 1 is 1.39 bits per heavy atom. The highest BCUT2D eigenvalue weighted by atomic mass is 35.5. The summed E-state index contributed by atoms with van der Waals surface area (Å²) in [4.78, 5) is 0. The summed E-state index contributed by atoms with van der Waals surface area (Å²) in [6.45, 7) is 2.13. The Balaban J connectivity index is 2.24. The van der Waals surface area contributed by atoms with Gasteiger partial charge in [-0.1, -0.05) is 18.5 Å². The molecule has 100 valence electrons. The molecule has 1 aliphatic carbocycles. The van der Waals surface area contributed by atoms with E-state index in [1.807, 2.05) is 0 Å². The molecule has 2 rings (SSSR count). The molecular formula is C14H18ClFO2. The van der Waals surface area contributed by atoms with Crippen molar-refractivity contribution in [2.24, 2.45) is 5.92 Å². The van der Waals surface area contributed by atoms with Crippen molar-refractivity contribution in [3.63, 3.8) is 0 Å². The fraction of sp³-hybridized carbons (Fsp3) is 0.571. The van der Waals surface area contributed by atoms with Crippen LogP contribution in [-0.2, 0) is 0 Å². The fourth-order valence-corrected chi connectivity index (χ4v) is 2.77. The van der Waals surface area contributed by atoms with Crippen molar-refractivity contribution in [1.82, 2.24) is 0 Å². The van der Waals surface area contributed by atoms with Crippen LogP contribution in [0, 0.1) is 11.7 Å². The number of hydrogen-bond donors (Lipinski definition) is 2. The molecule has 1 saturated carbocycles. The Bertz CT molecular complexity index is 428.